The summed E-state index contributed by atoms with van der Waals surface area (Å²) in [5.41, 5.74) is 2.29. The third-order valence-corrected chi connectivity index (χ3v) is 5.80. The van der Waals surface area contributed by atoms with E-state index in [1.54, 1.807) is 12.1 Å². The molecule has 7 heteroatoms. The van der Waals surface area contributed by atoms with Crippen LogP contribution in [0.2, 0.25) is 0 Å². The largest absolute Gasteiger partial charge is 0.424 e. The fourth-order valence-corrected chi connectivity index (χ4v) is 4.15. The van der Waals surface area contributed by atoms with Crippen LogP contribution in [0.3, 0.4) is 0 Å². The van der Waals surface area contributed by atoms with E-state index < -0.39 is 6.04 Å². The number of halogens is 1. The van der Waals surface area contributed by atoms with Gasteiger partial charge in [-0.25, -0.2) is 4.39 Å². The van der Waals surface area contributed by atoms with Gasteiger partial charge in [-0.2, -0.15) is 4.98 Å². The first-order valence-electron chi connectivity index (χ1n) is 11.1. The highest BCUT2D eigenvalue weighted by molar-refractivity contribution is 5.84. The van der Waals surface area contributed by atoms with Crippen molar-refractivity contribution in [1.29, 1.82) is 0 Å². The number of amides is 1. The lowest BCUT2D eigenvalue weighted by Crippen LogP contribution is -2.42. The number of carbonyl (C=O) groups excluding carboxylic acids is 1. The molecule has 1 saturated carbocycles. The molecule has 0 unspecified atom stereocenters. The highest BCUT2D eigenvalue weighted by Gasteiger charge is 2.25. The van der Waals surface area contributed by atoms with Crippen LogP contribution in [0.5, 0.6) is 0 Å². The Morgan fingerprint density at radius 1 is 1.06 bits per heavy atom. The first-order chi connectivity index (χ1) is 15.2. The van der Waals surface area contributed by atoms with E-state index in [4.69, 9.17) is 4.42 Å². The Bertz CT molecular complexity index is 950. The van der Waals surface area contributed by atoms with Gasteiger partial charge in [0.2, 0.25) is 5.91 Å². The maximum absolute atomic E-state index is 13.0. The lowest BCUT2D eigenvalue weighted by atomic mass is 9.84. The van der Waals surface area contributed by atoms with Crippen LogP contribution in [-0.2, 0) is 4.79 Å². The third kappa shape index (κ3) is 5.96. The second kappa shape index (κ2) is 10.3. The van der Waals surface area contributed by atoms with Crippen LogP contribution in [0, 0.1) is 11.7 Å². The van der Waals surface area contributed by atoms with E-state index in [0.29, 0.717) is 30.6 Å². The van der Waals surface area contributed by atoms with Crippen LogP contribution < -0.4 is 16.0 Å². The summed E-state index contributed by atoms with van der Waals surface area (Å²) in [5.74, 6) is 0.196. The third-order valence-electron chi connectivity index (χ3n) is 5.80. The van der Waals surface area contributed by atoms with E-state index in [0.717, 1.165) is 30.5 Å². The summed E-state index contributed by atoms with van der Waals surface area (Å²) in [6, 6.07) is 13.7. The Labute approximate surface area is 181 Å². The number of nitrogens with one attached hydrogen (secondary N) is 3. The summed E-state index contributed by atoms with van der Waals surface area (Å²) >= 11 is 0. The van der Waals surface area contributed by atoms with Gasteiger partial charge in [0.1, 0.15) is 17.4 Å². The van der Waals surface area contributed by atoms with Gasteiger partial charge in [-0.1, -0.05) is 44.2 Å². The number of benzene rings is 2. The Kier molecular flexibility index (Phi) is 7.02. The van der Waals surface area contributed by atoms with Gasteiger partial charge >= 0.3 is 0 Å². The van der Waals surface area contributed by atoms with Crippen LogP contribution in [0.25, 0.3) is 11.1 Å². The van der Waals surface area contributed by atoms with Crippen molar-refractivity contribution in [3.63, 3.8) is 0 Å². The molecule has 0 bridgehead atoms. The van der Waals surface area contributed by atoms with Crippen LogP contribution >= 0.6 is 0 Å². The van der Waals surface area contributed by atoms with Crippen molar-refractivity contribution in [3.8, 4) is 0 Å². The predicted octanol–water partition coefficient (Wildman–Crippen LogP) is 4.95. The SMILES string of the molecule is O=C(NCCNc1ccc(F)cc1)[C@H](CC1CCCCC1)Nc1nc2ccccc2o1. The number of nitrogens with zero attached hydrogens (tertiary/aromatic N) is 1. The molecule has 3 N–H and O–H groups in total. The monoisotopic (exact) mass is 424 g/mol. The average Bonchev–Trinajstić information content (AvgIpc) is 3.20. The van der Waals surface area contributed by atoms with Crippen molar-refractivity contribution in [2.45, 2.75) is 44.6 Å². The van der Waals surface area contributed by atoms with Crippen molar-refractivity contribution in [3.05, 3.63) is 54.3 Å². The fourth-order valence-electron chi connectivity index (χ4n) is 4.15. The van der Waals surface area contributed by atoms with Gasteiger partial charge in [0.25, 0.3) is 6.01 Å². The number of carbonyl (C=O) groups is 1. The van der Waals surface area contributed by atoms with E-state index in [-0.39, 0.29) is 11.7 Å². The zero-order valence-corrected chi connectivity index (χ0v) is 17.6. The quantitative estimate of drug-likeness (QED) is 0.424. The molecular weight excluding hydrogens is 395 g/mol. The lowest BCUT2D eigenvalue weighted by Gasteiger charge is -2.26. The number of hydrogen-bond acceptors (Lipinski definition) is 5. The second-order valence-electron chi connectivity index (χ2n) is 8.15. The smallest absolute Gasteiger partial charge is 0.296 e. The van der Waals surface area contributed by atoms with E-state index >= 15 is 0 Å². The molecule has 0 radical (unpaired) electrons. The summed E-state index contributed by atoms with van der Waals surface area (Å²) in [7, 11) is 0. The molecule has 0 aliphatic heterocycles. The van der Waals surface area contributed by atoms with Gasteiger partial charge in [0.05, 0.1) is 0 Å². The number of anilines is 2. The molecule has 0 saturated heterocycles. The van der Waals surface area contributed by atoms with Gasteiger partial charge in [0.15, 0.2) is 5.58 Å². The molecular formula is C24H29FN4O2. The second-order valence-corrected chi connectivity index (χ2v) is 8.15. The fraction of sp³-hybridized carbons (Fsp3) is 0.417. The summed E-state index contributed by atoms with van der Waals surface area (Å²) in [6.07, 6.45) is 6.81. The zero-order valence-electron chi connectivity index (χ0n) is 17.6. The molecule has 1 aromatic heterocycles. The average molecular weight is 425 g/mol. The van der Waals surface area contributed by atoms with Gasteiger partial charge in [-0.15, -0.1) is 0 Å². The number of fused-ring (bicyclic) bond motifs is 1. The number of rotatable bonds is 9. The van der Waals surface area contributed by atoms with Gasteiger partial charge < -0.3 is 20.4 Å². The Morgan fingerprint density at radius 3 is 2.61 bits per heavy atom. The van der Waals surface area contributed by atoms with E-state index in [2.05, 4.69) is 20.9 Å². The molecule has 6 nitrogen and oxygen atoms in total. The molecule has 3 aromatic rings. The lowest BCUT2D eigenvalue weighted by molar-refractivity contribution is -0.122. The summed E-state index contributed by atoms with van der Waals surface area (Å²) in [6.45, 7) is 1.02. The Balaban J connectivity index is 1.35. The van der Waals surface area contributed by atoms with Crippen LogP contribution in [0.4, 0.5) is 16.1 Å². The molecule has 2 aromatic carbocycles. The maximum atomic E-state index is 13.0. The first kappa shape index (κ1) is 21.2. The van der Waals surface area contributed by atoms with Crippen molar-refractivity contribution < 1.29 is 13.6 Å². The summed E-state index contributed by atoms with van der Waals surface area (Å²) < 4.78 is 18.8. The zero-order chi connectivity index (χ0) is 21.5. The molecule has 4 rings (SSSR count). The highest BCUT2D eigenvalue weighted by atomic mass is 19.1. The minimum atomic E-state index is -0.401. The van der Waals surface area contributed by atoms with Gasteiger partial charge in [-0.05, 0) is 48.7 Å². The summed E-state index contributed by atoms with van der Waals surface area (Å²) in [5, 5.41) is 9.41. The molecule has 1 fully saturated rings. The minimum Gasteiger partial charge on any atom is -0.424 e. The standard InChI is InChI=1S/C24H29FN4O2/c25-18-10-12-19(13-11-18)26-14-15-27-23(30)21(16-17-6-2-1-3-7-17)29-24-28-20-8-4-5-9-22(20)31-24/h4-5,8-13,17,21,26H,1-3,6-7,14-16H2,(H,27,30)(H,28,29)/t21-/m0/s1. The number of hydrogen-bond donors (Lipinski definition) is 3. The van der Waals surface area contributed by atoms with Crippen molar-refractivity contribution in [1.82, 2.24) is 10.3 Å². The van der Waals surface area contributed by atoms with E-state index in [9.17, 15) is 9.18 Å². The molecule has 0 spiro atoms. The van der Waals surface area contributed by atoms with Crippen molar-refractivity contribution in [2.24, 2.45) is 5.92 Å². The molecule has 31 heavy (non-hydrogen) atoms. The first-order valence-corrected chi connectivity index (χ1v) is 11.1. The molecule has 1 atom stereocenters. The van der Waals surface area contributed by atoms with Crippen molar-refractivity contribution >= 4 is 28.7 Å². The van der Waals surface area contributed by atoms with Gasteiger partial charge in [0, 0.05) is 18.8 Å². The molecule has 164 valence electrons. The number of aromatic nitrogens is 1. The predicted molar refractivity (Wildman–Crippen MR) is 121 cm³/mol. The Morgan fingerprint density at radius 2 is 1.84 bits per heavy atom. The molecule has 1 amide bonds. The van der Waals surface area contributed by atoms with E-state index in [1.807, 2.05) is 24.3 Å². The highest BCUT2D eigenvalue weighted by Crippen LogP contribution is 2.28. The molecule has 1 aliphatic rings. The van der Waals surface area contributed by atoms with Crippen LogP contribution in [-0.4, -0.2) is 30.0 Å². The molecule has 1 heterocycles. The van der Waals surface area contributed by atoms with Gasteiger partial charge in [-0.3, -0.25) is 4.79 Å². The molecule has 1 aliphatic carbocycles. The van der Waals surface area contributed by atoms with E-state index in [1.165, 1.54) is 31.4 Å². The van der Waals surface area contributed by atoms with Crippen molar-refractivity contribution in [2.75, 3.05) is 23.7 Å². The van der Waals surface area contributed by atoms with Crippen LogP contribution in [0.1, 0.15) is 38.5 Å². The maximum Gasteiger partial charge on any atom is 0.296 e. The topological polar surface area (TPSA) is 79.2 Å². The van der Waals surface area contributed by atoms with Crippen LogP contribution in [0.15, 0.2) is 52.9 Å². The summed E-state index contributed by atoms with van der Waals surface area (Å²) in [4.78, 5) is 17.4. The number of oxazole rings is 1. The normalized spacial score (nSPS) is 15.5. The minimum absolute atomic E-state index is 0.0614. The number of para-hydroxylation sites is 2. The Hall–Kier alpha value is -3.09.